The molecule has 1 fully saturated rings. The first-order valence-electron chi connectivity index (χ1n) is 7.04. The predicted octanol–water partition coefficient (Wildman–Crippen LogP) is 2.00. The van der Waals surface area contributed by atoms with Gasteiger partial charge in [-0.1, -0.05) is 36.4 Å². The summed E-state index contributed by atoms with van der Waals surface area (Å²) in [6, 6.07) is 14.1. The van der Waals surface area contributed by atoms with Crippen molar-refractivity contribution in [1.82, 2.24) is 10.6 Å². The average molecular weight is 302 g/mol. The summed E-state index contributed by atoms with van der Waals surface area (Å²) < 4.78 is 5.79. The molecule has 0 unspecified atom stereocenters. The van der Waals surface area contributed by atoms with Crippen molar-refractivity contribution >= 4 is 28.4 Å². The molecule has 1 aliphatic rings. The number of fused-ring (bicyclic) bond motifs is 1. The predicted molar refractivity (Wildman–Crippen MR) is 86.7 cm³/mol. The summed E-state index contributed by atoms with van der Waals surface area (Å²) in [5.74, 6) is 2.61. The summed E-state index contributed by atoms with van der Waals surface area (Å²) in [5, 5.41) is 8.31. The summed E-state index contributed by atoms with van der Waals surface area (Å²) in [6.45, 7) is 0.991. The number of carbonyl (C=O) groups excluding carboxylic acids is 1. The van der Waals surface area contributed by atoms with E-state index < -0.39 is 0 Å². The molecule has 1 atom stereocenters. The van der Waals surface area contributed by atoms with E-state index in [-0.39, 0.29) is 11.9 Å². The molecule has 3 rings (SSSR count). The van der Waals surface area contributed by atoms with Crippen LogP contribution in [0.4, 0.5) is 0 Å². The zero-order valence-corrected chi connectivity index (χ0v) is 12.5. The lowest BCUT2D eigenvalue weighted by Crippen LogP contribution is -2.43. The van der Waals surface area contributed by atoms with Crippen molar-refractivity contribution in [2.45, 2.75) is 6.04 Å². The molecular formula is C16H18N2O2S. The third kappa shape index (κ3) is 3.49. The first kappa shape index (κ1) is 14.2. The third-order valence-corrected chi connectivity index (χ3v) is 4.38. The lowest BCUT2D eigenvalue weighted by Gasteiger charge is -2.12. The molecule has 0 aromatic heterocycles. The first-order valence-corrected chi connectivity index (χ1v) is 8.19. The van der Waals surface area contributed by atoms with Gasteiger partial charge in [-0.05, 0) is 11.5 Å². The fourth-order valence-electron chi connectivity index (χ4n) is 2.34. The normalized spacial score (nSPS) is 17.8. The number of hydrogen-bond donors (Lipinski definition) is 2. The summed E-state index contributed by atoms with van der Waals surface area (Å²) in [7, 11) is 0. The molecule has 5 heteroatoms. The van der Waals surface area contributed by atoms with Crippen LogP contribution in [0.1, 0.15) is 0 Å². The lowest BCUT2D eigenvalue weighted by molar-refractivity contribution is -0.122. The van der Waals surface area contributed by atoms with Gasteiger partial charge in [-0.15, -0.1) is 11.8 Å². The van der Waals surface area contributed by atoms with Crippen molar-refractivity contribution in [1.29, 1.82) is 0 Å². The van der Waals surface area contributed by atoms with Crippen LogP contribution in [-0.2, 0) is 4.79 Å². The van der Waals surface area contributed by atoms with E-state index in [2.05, 4.69) is 22.8 Å². The Hall–Kier alpha value is -1.72. The molecule has 4 nitrogen and oxygen atoms in total. The van der Waals surface area contributed by atoms with Crippen LogP contribution in [0.25, 0.3) is 10.8 Å². The largest absolute Gasteiger partial charge is 0.491 e. The average Bonchev–Trinajstić information content (AvgIpc) is 3.06. The molecule has 2 aromatic carbocycles. The fourth-order valence-corrected chi connectivity index (χ4v) is 3.29. The molecule has 2 aromatic rings. The van der Waals surface area contributed by atoms with E-state index in [9.17, 15) is 4.79 Å². The van der Waals surface area contributed by atoms with Gasteiger partial charge in [-0.3, -0.25) is 10.1 Å². The Morgan fingerprint density at radius 3 is 3.00 bits per heavy atom. The molecule has 110 valence electrons. The molecule has 2 N–H and O–H groups in total. The van der Waals surface area contributed by atoms with E-state index in [4.69, 9.17) is 4.74 Å². The summed E-state index contributed by atoms with van der Waals surface area (Å²) in [5.41, 5.74) is 0. The van der Waals surface area contributed by atoms with Crippen molar-refractivity contribution in [2.24, 2.45) is 0 Å². The van der Waals surface area contributed by atoms with Crippen LogP contribution in [0.2, 0.25) is 0 Å². The topological polar surface area (TPSA) is 50.4 Å². The number of amides is 1. The second-order valence-corrected chi connectivity index (χ2v) is 5.92. The first-order chi connectivity index (χ1) is 10.3. The molecule has 0 spiro atoms. The SMILES string of the molecule is O=C(NCCOc1cccc2ccccc12)[C@H]1CSCN1. The molecule has 1 heterocycles. The minimum Gasteiger partial charge on any atom is -0.491 e. The highest BCUT2D eigenvalue weighted by atomic mass is 32.2. The van der Waals surface area contributed by atoms with Gasteiger partial charge < -0.3 is 10.1 Å². The Bertz CT molecular complexity index is 621. The second-order valence-electron chi connectivity index (χ2n) is 4.89. The molecule has 0 bridgehead atoms. The minimum absolute atomic E-state index is 0.0570. The summed E-state index contributed by atoms with van der Waals surface area (Å²) >= 11 is 1.74. The fraction of sp³-hybridized carbons (Fsp3) is 0.312. The van der Waals surface area contributed by atoms with Crippen LogP contribution >= 0.6 is 11.8 Å². The highest BCUT2D eigenvalue weighted by Gasteiger charge is 2.21. The van der Waals surface area contributed by atoms with E-state index in [0.29, 0.717) is 13.2 Å². The summed E-state index contributed by atoms with van der Waals surface area (Å²) in [4.78, 5) is 11.8. The van der Waals surface area contributed by atoms with Gasteiger partial charge in [-0.2, -0.15) is 0 Å². The molecule has 1 amide bonds. The summed E-state index contributed by atoms with van der Waals surface area (Å²) in [6.07, 6.45) is 0. The number of hydrogen-bond acceptors (Lipinski definition) is 4. The zero-order valence-electron chi connectivity index (χ0n) is 11.7. The number of thioether (sulfide) groups is 1. The standard InChI is InChI=1S/C16H18N2O2S/c19-16(14-10-21-11-18-14)17-8-9-20-15-7-3-5-12-4-1-2-6-13(12)15/h1-7,14,18H,8-11H2,(H,17,19)/t14-/m1/s1. The third-order valence-electron chi connectivity index (χ3n) is 3.44. The van der Waals surface area contributed by atoms with Crippen LogP contribution in [0, 0.1) is 0 Å². The van der Waals surface area contributed by atoms with Gasteiger partial charge in [0.25, 0.3) is 0 Å². The van der Waals surface area contributed by atoms with Crippen molar-refractivity contribution in [3.63, 3.8) is 0 Å². The van der Waals surface area contributed by atoms with Gasteiger partial charge in [0.1, 0.15) is 12.4 Å². The number of nitrogens with one attached hydrogen (secondary N) is 2. The number of ether oxygens (including phenoxy) is 1. The molecule has 0 radical (unpaired) electrons. The van der Waals surface area contributed by atoms with Crippen LogP contribution < -0.4 is 15.4 Å². The van der Waals surface area contributed by atoms with Crippen LogP contribution in [0.15, 0.2) is 42.5 Å². The molecule has 0 saturated carbocycles. The van der Waals surface area contributed by atoms with Crippen LogP contribution in [-0.4, -0.2) is 36.7 Å². The van der Waals surface area contributed by atoms with Crippen molar-refractivity contribution in [3.8, 4) is 5.75 Å². The highest BCUT2D eigenvalue weighted by Crippen LogP contribution is 2.24. The maximum atomic E-state index is 11.8. The Balaban J connectivity index is 1.51. The van der Waals surface area contributed by atoms with Gasteiger partial charge in [0.2, 0.25) is 5.91 Å². The smallest absolute Gasteiger partial charge is 0.238 e. The molecule has 1 aliphatic heterocycles. The minimum atomic E-state index is -0.0624. The van der Waals surface area contributed by atoms with Gasteiger partial charge in [-0.25, -0.2) is 0 Å². The van der Waals surface area contributed by atoms with Gasteiger partial charge in [0.15, 0.2) is 0 Å². The Labute approximate surface area is 128 Å². The Morgan fingerprint density at radius 1 is 1.29 bits per heavy atom. The maximum absolute atomic E-state index is 11.8. The number of rotatable bonds is 5. The monoisotopic (exact) mass is 302 g/mol. The molecule has 0 aliphatic carbocycles. The van der Waals surface area contributed by atoms with Crippen molar-refractivity contribution in [2.75, 3.05) is 24.8 Å². The number of carbonyl (C=O) groups is 1. The second kappa shape index (κ2) is 6.83. The van der Waals surface area contributed by atoms with E-state index in [1.807, 2.05) is 30.3 Å². The van der Waals surface area contributed by atoms with Crippen LogP contribution in [0.5, 0.6) is 5.75 Å². The molecule has 1 saturated heterocycles. The Morgan fingerprint density at radius 2 is 2.14 bits per heavy atom. The van der Waals surface area contributed by atoms with Crippen molar-refractivity contribution < 1.29 is 9.53 Å². The van der Waals surface area contributed by atoms with Gasteiger partial charge in [0, 0.05) is 17.0 Å². The highest BCUT2D eigenvalue weighted by molar-refractivity contribution is 7.99. The van der Waals surface area contributed by atoms with Crippen molar-refractivity contribution in [3.05, 3.63) is 42.5 Å². The molecule has 21 heavy (non-hydrogen) atoms. The zero-order chi connectivity index (χ0) is 14.5. The van der Waals surface area contributed by atoms with E-state index >= 15 is 0 Å². The van der Waals surface area contributed by atoms with E-state index in [1.165, 1.54) is 0 Å². The van der Waals surface area contributed by atoms with Crippen LogP contribution in [0.3, 0.4) is 0 Å². The Kier molecular flexibility index (Phi) is 4.62. The van der Waals surface area contributed by atoms with E-state index in [0.717, 1.165) is 28.2 Å². The van der Waals surface area contributed by atoms with Gasteiger partial charge >= 0.3 is 0 Å². The maximum Gasteiger partial charge on any atom is 0.238 e. The number of benzene rings is 2. The van der Waals surface area contributed by atoms with Gasteiger partial charge in [0.05, 0.1) is 12.6 Å². The lowest BCUT2D eigenvalue weighted by atomic mass is 10.1. The molecular weight excluding hydrogens is 284 g/mol. The quantitative estimate of drug-likeness (QED) is 0.830. The van der Waals surface area contributed by atoms with E-state index in [1.54, 1.807) is 11.8 Å².